The monoisotopic (exact) mass is 338 g/mol. The molecule has 0 amide bonds. The molecular formula is C14H15IN2. The number of aryl methyl sites for hydroxylation is 2. The molecule has 0 aliphatic rings. The van der Waals surface area contributed by atoms with E-state index in [9.17, 15) is 0 Å². The summed E-state index contributed by atoms with van der Waals surface area (Å²) in [6, 6.07) is 10.5. The first-order valence-corrected chi connectivity index (χ1v) is 6.65. The van der Waals surface area contributed by atoms with Crippen molar-refractivity contribution in [2.45, 2.75) is 20.4 Å². The highest BCUT2D eigenvalue weighted by atomic mass is 127. The second-order valence-corrected chi connectivity index (χ2v) is 5.33. The van der Waals surface area contributed by atoms with Crippen LogP contribution in [0.25, 0.3) is 0 Å². The molecule has 2 aromatic rings. The molecule has 1 aromatic heterocycles. The lowest BCUT2D eigenvalue weighted by Gasteiger charge is -2.11. The third-order valence-corrected chi connectivity index (χ3v) is 3.43. The van der Waals surface area contributed by atoms with E-state index in [1.165, 1.54) is 20.4 Å². The summed E-state index contributed by atoms with van der Waals surface area (Å²) in [5.74, 6) is 0. The molecule has 1 N–H and O–H groups in total. The van der Waals surface area contributed by atoms with Crippen molar-refractivity contribution >= 4 is 28.3 Å². The summed E-state index contributed by atoms with van der Waals surface area (Å²) in [4.78, 5) is 4.38. The minimum absolute atomic E-state index is 0.771. The molecule has 1 aromatic carbocycles. The Bertz CT molecular complexity index is 523. The fraction of sp³-hybridized carbons (Fsp3) is 0.214. The highest BCUT2D eigenvalue weighted by Crippen LogP contribution is 2.19. The van der Waals surface area contributed by atoms with E-state index >= 15 is 0 Å². The Balaban J connectivity index is 2.12. The number of rotatable bonds is 3. The molecule has 0 bridgehead atoms. The molecule has 0 aliphatic heterocycles. The molecule has 2 nitrogen and oxygen atoms in total. The van der Waals surface area contributed by atoms with Crippen molar-refractivity contribution in [1.82, 2.24) is 4.98 Å². The van der Waals surface area contributed by atoms with Crippen molar-refractivity contribution in [2.75, 3.05) is 5.32 Å². The molecule has 0 spiro atoms. The maximum atomic E-state index is 4.38. The van der Waals surface area contributed by atoms with Crippen LogP contribution in [0.15, 0.2) is 36.5 Å². The van der Waals surface area contributed by atoms with Gasteiger partial charge in [-0.15, -0.1) is 0 Å². The van der Waals surface area contributed by atoms with E-state index in [2.05, 4.69) is 71.0 Å². The second kappa shape index (κ2) is 5.49. The Morgan fingerprint density at radius 1 is 1.18 bits per heavy atom. The number of aromatic nitrogens is 1. The summed E-state index contributed by atoms with van der Waals surface area (Å²) in [6.45, 7) is 4.98. The van der Waals surface area contributed by atoms with E-state index in [0.717, 1.165) is 12.2 Å². The first kappa shape index (κ1) is 12.4. The van der Waals surface area contributed by atoms with Gasteiger partial charge in [-0.3, -0.25) is 4.98 Å². The standard InChI is InChI=1S/C14H15IN2/c1-10-4-3-7-16-14(10)9-17-13-8-12(15)6-5-11(13)2/h3-8,17H,9H2,1-2H3. The van der Waals surface area contributed by atoms with Gasteiger partial charge >= 0.3 is 0 Å². The molecule has 0 radical (unpaired) electrons. The van der Waals surface area contributed by atoms with Gasteiger partial charge in [-0.1, -0.05) is 12.1 Å². The van der Waals surface area contributed by atoms with Crippen LogP contribution in [0.1, 0.15) is 16.8 Å². The maximum Gasteiger partial charge on any atom is 0.0623 e. The van der Waals surface area contributed by atoms with Crippen molar-refractivity contribution in [3.8, 4) is 0 Å². The lowest BCUT2D eigenvalue weighted by molar-refractivity contribution is 1.01. The third-order valence-electron chi connectivity index (χ3n) is 2.76. The molecule has 17 heavy (non-hydrogen) atoms. The van der Waals surface area contributed by atoms with Crippen molar-refractivity contribution in [2.24, 2.45) is 0 Å². The molecule has 88 valence electrons. The SMILES string of the molecule is Cc1ccc(I)cc1NCc1ncccc1C. The Morgan fingerprint density at radius 3 is 2.76 bits per heavy atom. The Hall–Kier alpha value is -1.10. The number of hydrogen-bond acceptors (Lipinski definition) is 2. The van der Waals surface area contributed by atoms with Crippen LogP contribution in [0.2, 0.25) is 0 Å². The molecule has 0 saturated carbocycles. The molecule has 0 saturated heterocycles. The van der Waals surface area contributed by atoms with Gasteiger partial charge in [0.05, 0.1) is 12.2 Å². The summed E-state index contributed by atoms with van der Waals surface area (Å²) in [5.41, 5.74) is 4.77. The number of hydrogen-bond donors (Lipinski definition) is 1. The Morgan fingerprint density at radius 2 is 2.00 bits per heavy atom. The van der Waals surface area contributed by atoms with Gasteiger partial charge in [-0.05, 0) is 65.8 Å². The highest BCUT2D eigenvalue weighted by molar-refractivity contribution is 14.1. The lowest BCUT2D eigenvalue weighted by atomic mass is 10.2. The number of benzene rings is 1. The molecule has 2 rings (SSSR count). The number of nitrogens with zero attached hydrogens (tertiary/aromatic N) is 1. The first-order chi connectivity index (χ1) is 8.16. The normalized spacial score (nSPS) is 10.3. The summed E-state index contributed by atoms with van der Waals surface area (Å²) >= 11 is 2.33. The van der Waals surface area contributed by atoms with E-state index in [-0.39, 0.29) is 0 Å². The van der Waals surface area contributed by atoms with E-state index in [1.807, 2.05) is 12.3 Å². The first-order valence-electron chi connectivity index (χ1n) is 5.57. The molecule has 0 fully saturated rings. The van der Waals surface area contributed by atoms with Crippen LogP contribution in [0, 0.1) is 17.4 Å². The van der Waals surface area contributed by atoms with Crippen molar-refractivity contribution in [3.63, 3.8) is 0 Å². The van der Waals surface area contributed by atoms with Gasteiger partial charge in [0.2, 0.25) is 0 Å². The van der Waals surface area contributed by atoms with Crippen molar-refractivity contribution in [3.05, 3.63) is 56.9 Å². The summed E-state index contributed by atoms with van der Waals surface area (Å²) in [6.07, 6.45) is 1.84. The summed E-state index contributed by atoms with van der Waals surface area (Å²) in [5, 5.41) is 3.44. The maximum absolute atomic E-state index is 4.38. The van der Waals surface area contributed by atoms with Crippen LogP contribution in [-0.2, 0) is 6.54 Å². The lowest BCUT2D eigenvalue weighted by Crippen LogP contribution is -2.04. The van der Waals surface area contributed by atoms with Crippen LogP contribution in [0.3, 0.4) is 0 Å². The molecule has 1 heterocycles. The second-order valence-electron chi connectivity index (χ2n) is 4.08. The van der Waals surface area contributed by atoms with E-state index < -0.39 is 0 Å². The van der Waals surface area contributed by atoms with Gasteiger partial charge in [-0.2, -0.15) is 0 Å². The zero-order chi connectivity index (χ0) is 12.3. The molecule has 0 unspecified atom stereocenters. The van der Waals surface area contributed by atoms with Gasteiger partial charge in [-0.25, -0.2) is 0 Å². The quantitative estimate of drug-likeness (QED) is 0.859. The fourth-order valence-corrected chi connectivity index (χ4v) is 2.16. The number of nitrogens with one attached hydrogen (secondary N) is 1. The summed E-state index contributed by atoms with van der Waals surface area (Å²) < 4.78 is 1.24. The average molecular weight is 338 g/mol. The van der Waals surface area contributed by atoms with E-state index in [0.29, 0.717) is 0 Å². The Kier molecular flexibility index (Phi) is 3.99. The van der Waals surface area contributed by atoms with Crippen molar-refractivity contribution in [1.29, 1.82) is 0 Å². The predicted octanol–water partition coefficient (Wildman–Crippen LogP) is 3.92. The Labute approximate surface area is 116 Å². The van der Waals surface area contributed by atoms with Gasteiger partial charge < -0.3 is 5.32 Å². The van der Waals surface area contributed by atoms with Gasteiger partial charge in [0.1, 0.15) is 0 Å². The van der Waals surface area contributed by atoms with Crippen molar-refractivity contribution < 1.29 is 0 Å². The zero-order valence-corrected chi connectivity index (χ0v) is 12.2. The number of anilines is 1. The van der Waals surface area contributed by atoms with E-state index in [4.69, 9.17) is 0 Å². The van der Waals surface area contributed by atoms with Gasteiger partial charge in [0, 0.05) is 15.5 Å². The van der Waals surface area contributed by atoms with Crippen LogP contribution in [0.4, 0.5) is 5.69 Å². The van der Waals surface area contributed by atoms with Crippen LogP contribution >= 0.6 is 22.6 Å². The smallest absolute Gasteiger partial charge is 0.0623 e. The number of pyridine rings is 1. The fourth-order valence-electron chi connectivity index (χ4n) is 1.67. The van der Waals surface area contributed by atoms with Crippen LogP contribution in [-0.4, -0.2) is 4.98 Å². The van der Waals surface area contributed by atoms with Gasteiger partial charge in [0.15, 0.2) is 0 Å². The molecule has 3 heteroatoms. The molecule has 0 atom stereocenters. The van der Waals surface area contributed by atoms with Crippen LogP contribution < -0.4 is 5.32 Å². The highest BCUT2D eigenvalue weighted by Gasteiger charge is 2.01. The molecular weight excluding hydrogens is 323 g/mol. The minimum atomic E-state index is 0.771. The molecule has 0 aliphatic carbocycles. The van der Waals surface area contributed by atoms with Gasteiger partial charge in [0.25, 0.3) is 0 Å². The zero-order valence-electron chi connectivity index (χ0n) is 10.00. The number of halogens is 1. The predicted molar refractivity (Wildman–Crippen MR) is 80.2 cm³/mol. The minimum Gasteiger partial charge on any atom is -0.379 e. The van der Waals surface area contributed by atoms with Crippen LogP contribution in [0.5, 0.6) is 0 Å². The topological polar surface area (TPSA) is 24.9 Å². The summed E-state index contributed by atoms with van der Waals surface area (Å²) in [7, 11) is 0. The average Bonchev–Trinajstić information content (AvgIpc) is 2.32. The largest absolute Gasteiger partial charge is 0.379 e. The third kappa shape index (κ3) is 3.19. The van der Waals surface area contributed by atoms with E-state index in [1.54, 1.807) is 0 Å².